The molecule has 0 heterocycles. The van der Waals surface area contributed by atoms with Crippen LogP contribution in [0.3, 0.4) is 0 Å². The Hall–Kier alpha value is -2.64. The number of nitrogens with one attached hydrogen (secondary N) is 1. The molecule has 0 aliphatic heterocycles. The minimum atomic E-state index is -5.11. The summed E-state index contributed by atoms with van der Waals surface area (Å²) >= 11 is 0. The van der Waals surface area contributed by atoms with Gasteiger partial charge in [0.1, 0.15) is 9.79 Å². The van der Waals surface area contributed by atoms with Crippen molar-refractivity contribution in [2.24, 2.45) is 0 Å². The van der Waals surface area contributed by atoms with E-state index in [1.54, 1.807) is 0 Å². The summed E-state index contributed by atoms with van der Waals surface area (Å²) in [6.07, 6.45) is 0. The van der Waals surface area contributed by atoms with Crippen molar-refractivity contribution in [3.8, 4) is 0 Å². The van der Waals surface area contributed by atoms with E-state index in [1.165, 1.54) is 13.0 Å². The van der Waals surface area contributed by atoms with Gasteiger partial charge >= 0.3 is 0 Å². The van der Waals surface area contributed by atoms with Crippen molar-refractivity contribution >= 4 is 62.6 Å². The molecule has 0 saturated carbocycles. The molecule has 34 heavy (non-hydrogen) atoms. The van der Waals surface area contributed by atoms with Crippen LogP contribution in [0.4, 0.5) is 11.4 Å². The predicted octanol–water partition coefficient (Wildman–Crippen LogP) is 1.88. The van der Waals surface area contributed by atoms with Gasteiger partial charge in [0.2, 0.25) is 0 Å². The summed E-state index contributed by atoms with van der Waals surface area (Å²) in [6.45, 7) is 1.48. The van der Waals surface area contributed by atoms with Crippen molar-refractivity contribution in [3.05, 3.63) is 48.0 Å². The molecule has 0 saturated heterocycles. The van der Waals surface area contributed by atoms with Gasteiger partial charge in [0.05, 0.1) is 15.5 Å². The van der Waals surface area contributed by atoms with Crippen LogP contribution in [-0.2, 0) is 40.5 Å². The summed E-state index contributed by atoms with van der Waals surface area (Å²) in [7, 11) is -19.8. The van der Waals surface area contributed by atoms with Gasteiger partial charge in [-0.05, 0) is 54.3 Å². The largest absolute Gasteiger partial charge is 0.354 e. The zero-order valence-corrected chi connectivity index (χ0v) is 20.0. The smallest absolute Gasteiger partial charge is 0.296 e. The lowest BCUT2D eigenvalue weighted by Gasteiger charge is -2.16. The Kier molecular flexibility index (Phi) is 6.29. The van der Waals surface area contributed by atoms with Crippen molar-refractivity contribution in [2.45, 2.75) is 26.5 Å². The molecular formula is C17H15NO12S4. The number of rotatable bonds is 6. The van der Waals surface area contributed by atoms with Crippen molar-refractivity contribution in [1.82, 2.24) is 0 Å². The molecule has 0 aliphatic carbocycles. The Labute approximate surface area is 194 Å². The molecular weight excluding hydrogens is 538 g/mol. The fourth-order valence-electron chi connectivity index (χ4n) is 3.05. The van der Waals surface area contributed by atoms with Crippen LogP contribution in [0.25, 0.3) is 10.8 Å². The number of fused-ring (bicyclic) bond motifs is 1. The van der Waals surface area contributed by atoms with Crippen LogP contribution >= 0.6 is 0 Å². The van der Waals surface area contributed by atoms with Gasteiger partial charge in [0, 0.05) is 11.1 Å². The Morgan fingerprint density at radius 1 is 0.588 bits per heavy atom. The summed E-state index contributed by atoms with van der Waals surface area (Å²) in [6, 6.07) is 5.94. The van der Waals surface area contributed by atoms with E-state index in [1.807, 2.05) is 0 Å². The van der Waals surface area contributed by atoms with E-state index < -0.39 is 76.5 Å². The molecule has 0 fully saturated rings. The van der Waals surface area contributed by atoms with Gasteiger partial charge < -0.3 is 5.32 Å². The molecule has 0 bridgehead atoms. The molecule has 0 aliphatic rings. The highest BCUT2D eigenvalue weighted by molar-refractivity contribution is 7.87. The molecule has 3 aromatic rings. The first kappa shape index (κ1) is 26.0. The molecule has 0 aromatic heterocycles. The first-order valence-corrected chi connectivity index (χ1v) is 14.4. The fraction of sp³-hybridized carbons (Fsp3) is 0.0588. The van der Waals surface area contributed by atoms with Crippen LogP contribution < -0.4 is 5.32 Å². The molecule has 184 valence electrons. The quantitative estimate of drug-likeness (QED) is 0.275. The molecule has 0 atom stereocenters. The summed E-state index contributed by atoms with van der Waals surface area (Å²) in [5.74, 6) is 0. The lowest BCUT2D eigenvalue weighted by Crippen LogP contribution is -2.08. The maximum atomic E-state index is 12.0. The van der Waals surface area contributed by atoms with Gasteiger partial charge in [-0.3, -0.25) is 18.2 Å². The standard InChI is InChI=1S/C17H15NO12S4/c1-9-2-3-11(31(19,20)21)6-14(9)18-15-8-13-10(5-17(15)34(28,29)30)4-12(32(22,23)24)7-16(13)33(25,26)27/h2-8,18H,1H3,(H,19,20,21)(H,22,23,24)(H,25,26,27)(H,28,29,30). The van der Waals surface area contributed by atoms with Gasteiger partial charge in [-0.1, -0.05) is 6.07 Å². The van der Waals surface area contributed by atoms with Gasteiger partial charge in [0.25, 0.3) is 40.5 Å². The van der Waals surface area contributed by atoms with Crippen LogP contribution in [0.15, 0.2) is 62.0 Å². The third-order valence-corrected chi connectivity index (χ3v) is 8.09. The first-order valence-electron chi connectivity index (χ1n) is 8.68. The lowest BCUT2D eigenvalue weighted by atomic mass is 10.1. The van der Waals surface area contributed by atoms with E-state index >= 15 is 0 Å². The monoisotopic (exact) mass is 553 g/mol. The molecule has 0 radical (unpaired) electrons. The van der Waals surface area contributed by atoms with E-state index in [9.17, 15) is 51.9 Å². The normalized spacial score (nSPS) is 13.2. The second kappa shape index (κ2) is 8.24. The second-order valence-corrected chi connectivity index (χ2v) is 12.6. The summed E-state index contributed by atoms with van der Waals surface area (Å²) in [4.78, 5) is -3.44. The minimum Gasteiger partial charge on any atom is -0.354 e. The first-order chi connectivity index (χ1) is 15.3. The number of hydrogen-bond acceptors (Lipinski definition) is 9. The zero-order valence-electron chi connectivity index (χ0n) is 16.7. The number of aryl methyl sites for hydroxylation is 1. The third-order valence-electron chi connectivity index (χ3n) is 4.62. The average molecular weight is 554 g/mol. The SMILES string of the molecule is Cc1ccc(S(=O)(=O)O)cc1Nc1cc2c(S(=O)(=O)O)cc(S(=O)(=O)O)cc2cc1S(=O)(=O)O. The molecule has 17 heteroatoms. The van der Waals surface area contributed by atoms with Crippen molar-refractivity contribution in [3.63, 3.8) is 0 Å². The van der Waals surface area contributed by atoms with Gasteiger partial charge in [-0.2, -0.15) is 33.7 Å². The Balaban J connectivity index is 2.42. The summed E-state index contributed by atoms with van der Waals surface area (Å²) in [5.41, 5.74) is -0.220. The molecule has 3 aromatic carbocycles. The van der Waals surface area contributed by atoms with E-state index in [0.717, 1.165) is 18.2 Å². The van der Waals surface area contributed by atoms with Crippen molar-refractivity contribution in [2.75, 3.05) is 5.32 Å². The number of benzene rings is 3. The van der Waals surface area contributed by atoms with E-state index in [4.69, 9.17) is 0 Å². The Morgan fingerprint density at radius 2 is 1.15 bits per heavy atom. The van der Waals surface area contributed by atoms with Crippen molar-refractivity contribution in [1.29, 1.82) is 0 Å². The van der Waals surface area contributed by atoms with Gasteiger partial charge in [-0.15, -0.1) is 0 Å². The molecule has 5 N–H and O–H groups in total. The molecule has 3 rings (SSSR count). The summed E-state index contributed by atoms with van der Waals surface area (Å²) < 4.78 is 132. The highest BCUT2D eigenvalue weighted by Gasteiger charge is 2.25. The molecule has 13 nitrogen and oxygen atoms in total. The number of hydrogen-bond donors (Lipinski definition) is 5. The predicted molar refractivity (Wildman–Crippen MR) is 118 cm³/mol. The van der Waals surface area contributed by atoms with Gasteiger partial charge in [-0.25, -0.2) is 0 Å². The third kappa shape index (κ3) is 5.36. The number of anilines is 2. The average Bonchev–Trinajstić information content (AvgIpc) is 2.65. The Morgan fingerprint density at radius 3 is 1.65 bits per heavy atom. The fourth-order valence-corrected chi connectivity index (χ4v) is 5.56. The molecule has 0 amide bonds. The second-order valence-electron chi connectivity index (χ2n) is 6.99. The highest BCUT2D eigenvalue weighted by atomic mass is 32.2. The van der Waals surface area contributed by atoms with Crippen molar-refractivity contribution < 1.29 is 51.9 Å². The zero-order chi connectivity index (χ0) is 25.9. The van der Waals surface area contributed by atoms with Crippen LogP contribution in [0, 0.1) is 6.92 Å². The lowest BCUT2D eigenvalue weighted by molar-refractivity contribution is 0.479. The van der Waals surface area contributed by atoms with E-state index in [2.05, 4.69) is 5.32 Å². The molecule has 0 unspecified atom stereocenters. The Bertz CT molecular complexity index is 1780. The highest BCUT2D eigenvalue weighted by Crippen LogP contribution is 2.36. The maximum absolute atomic E-state index is 12.0. The maximum Gasteiger partial charge on any atom is 0.296 e. The molecule has 0 spiro atoms. The van der Waals surface area contributed by atoms with Crippen LogP contribution in [0.5, 0.6) is 0 Å². The van der Waals surface area contributed by atoms with Crippen LogP contribution in [0.2, 0.25) is 0 Å². The van der Waals surface area contributed by atoms with E-state index in [0.29, 0.717) is 23.8 Å². The minimum absolute atomic E-state index is 0.0673. The van der Waals surface area contributed by atoms with Crippen LogP contribution in [0.1, 0.15) is 5.56 Å². The summed E-state index contributed by atoms with van der Waals surface area (Å²) in [5, 5.41) is 1.70. The van der Waals surface area contributed by atoms with Crippen LogP contribution in [-0.4, -0.2) is 51.9 Å². The topological polar surface area (TPSA) is 230 Å². The van der Waals surface area contributed by atoms with Gasteiger partial charge in [0.15, 0.2) is 0 Å². The van der Waals surface area contributed by atoms with E-state index in [-0.39, 0.29) is 5.69 Å².